The van der Waals surface area contributed by atoms with E-state index < -0.39 is 28.6 Å². The number of nitrogen functional groups attached to an aromatic ring is 1. The molecule has 0 unspecified atom stereocenters. The number of aromatic nitrogens is 3. The van der Waals surface area contributed by atoms with Crippen molar-refractivity contribution in [2.75, 3.05) is 17.6 Å². The monoisotopic (exact) mass is 331 g/mol. The second-order valence-electron chi connectivity index (χ2n) is 5.26. The lowest BCUT2D eigenvalue weighted by atomic mass is 10.1. The highest BCUT2D eigenvalue weighted by molar-refractivity contribution is 5.85. The number of aryl methyl sites for hydroxylation is 1. The van der Waals surface area contributed by atoms with E-state index in [2.05, 4.69) is 15.3 Å². The number of hydrogen-bond donors (Lipinski definition) is 2. The number of halogens is 2. The molecule has 0 amide bonds. The first-order valence-electron chi connectivity index (χ1n) is 7.27. The van der Waals surface area contributed by atoms with E-state index in [9.17, 15) is 13.6 Å². The van der Waals surface area contributed by atoms with Crippen LogP contribution in [0.4, 0.5) is 20.4 Å². The predicted octanol–water partition coefficient (Wildman–Crippen LogP) is 2.29. The average molecular weight is 331 g/mol. The van der Waals surface area contributed by atoms with Gasteiger partial charge in [0.05, 0.1) is 22.8 Å². The number of fused-ring (bicyclic) bond motifs is 1. The minimum atomic E-state index is -1.05. The molecule has 0 saturated heterocycles. The lowest BCUT2D eigenvalue weighted by Gasteiger charge is -2.12. The van der Waals surface area contributed by atoms with Crippen molar-refractivity contribution in [2.45, 2.75) is 6.92 Å². The van der Waals surface area contributed by atoms with Crippen molar-refractivity contribution in [3.63, 3.8) is 0 Å². The Morgan fingerprint density at radius 3 is 2.71 bits per heavy atom. The van der Waals surface area contributed by atoms with Gasteiger partial charge in [0.2, 0.25) is 0 Å². The molecule has 8 heteroatoms. The first kappa shape index (κ1) is 15.9. The molecular weight excluding hydrogens is 316 g/mol. The van der Waals surface area contributed by atoms with E-state index in [1.807, 2.05) is 6.92 Å². The highest BCUT2D eigenvalue weighted by atomic mass is 19.1. The van der Waals surface area contributed by atoms with Gasteiger partial charge in [0, 0.05) is 31.2 Å². The summed E-state index contributed by atoms with van der Waals surface area (Å²) in [4.78, 5) is 20.2. The van der Waals surface area contributed by atoms with E-state index in [4.69, 9.17) is 5.73 Å². The highest BCUT2D eigenvalue weighted by Gasteiger charge is 2.20. The molecule has 24 heavy (non-hydrogen) atoms. The normalized spacial score (nSPS) is 11.0. The van der Waals surface area contributed by atoms with Gasteiger partial charge in [0.25, 0.3) is 5.56 Å². The third-order valence-corrected chi connectivity index (χ3v) is 3.74. The fraction of sp³-hybridized carbons (Fsp3) is 0.188. The molecule has 0 radical (unpaired) electrons. The number of nitrogens with zero attached hydrogens (tertiary/aromatic N) is 3. The number of hydrogen-bond acceptors (Lipinski definition) is 5. The smallest absolute Gasteiger partial charge is 0.258 e. The molecular formula is C16H15F2N5O. The first-order chi connectivity index (χ1) is 11.4. The van der Waals surface area contributed by atoms with Crippen LogP contribution in [-0.2, 0) is 7.05 Å². The van der Waals surface area contributed by atoms with Gasteiger partial charge in [0.1, 0.15) is 5.82 Å². The molecule has 3 rings (SSSR count). The summed E-state index contributed by atoms with van der Waals surface area (Å²) in [7, 11) is 1.53. The van der Waals surface area contributed by atoms with Gasteiger partial charge in [-0.15, -0.1) is 0 Å². The molecule has 0 aromatic carbocycles. The van der Waals surface area contributed by atoms with Gasteiger partial charge in [0.15, 0.2) is 17.5 Å². The molecule has 3 heterocycles. The van der Waals surface area contributed by atoms with Crippen LogP contribution in [-0.4, -0.2) is 21.1 Å². The Hall–Kier alpha value is -3.03. The van der Waals surface area contributed by atoms with Crippen molar-refractivity contribution in [2.24, 2.45) is 7.05 Å². The molecule has 3 N–H and O–H groups in total. The Labute approximate surface area is 136 Å². The van der Waals surface area contributed by atoms with Crippen molar-refractivity contribution in [1.29, 1.82) is 0 Å². The van der Waals surface area contributed by atoms with Gasteiger partial charge in [-0.2, -0.15) is 0 Å². The van der Waals surface area contributed by atoms with Gasteiger partial charge < -0.3 is 15.6 Å². The topological polar surface area (TPSA) is 85.8 Å². The van der Waals surface area contributed by atoms with Crippen molar-refractivity contribution >= 4 is 22.5 Å². The van der Waals surface area contributed by atoms with Crippen LogP contribution in [0.25, 0.3) is 22.0 Å². The van der Waals surface area contributed by atoms with E-state index in [1.54, 1.807) is 6.07 Å². The molecule has 3 aromatic rings. The van der Waals surface area contributed by atoms with Crippen molar-refractivity contribution in [3.8, 4) is 11.1 Å². The molecule has 124 valence electrons. The largest absolute Gasteiger partial charge is 0.381 e. The summed E-state index contributed by atoms with van der Waals surface area (Å²) < 4.78 is 29.6. The quantitative estimate of drug-likeness (QED) is 0.769. The van der Waals surface area contributed by atoms with Crippen LogP contribution in [0.1, 0.15) is 6.92 Å². The minimum Gasteiger partial charge on any atom is -0.381 e. The number of nitrogens with one attached hydrogen (secondary N) is 1. The van der Waals surface area contributed by atoms with E-state index in [-0.39, 0.29) is 5.56 Å². The Morgan fingerprint density at radius 1 is 1.25 bits per heavy atom. The van der Waals surface area contributed by atoms with E-state index in [1.165, 1.54) is 23.9 Å². The Bertz CT molecular complexity index is 1000. The van der Waals surface area contributed by atoms with Gasteiger partial charge >= 0.3 is 0 Å². The minimum absolute atomic E-state index is 0.132. The van der Waals surface area contributed by atoms with E-state index in [0.29, 0.717) is 23.3 Å². The number of anilines is 2. The summed E-state index contributed by atoms with van der Waals surface area (Å²) >= 11 is 0. The van der Waals surface area contributed by atoms with Crippen LogP contribution in [0.5, 0.6) is 0 Å². The average Bonchev–Trinajstić information content (AvgIpc) is 2.56. The Morgan fingerprint density at radius 2 is 2.00 bits per heavy atom. The van der Waals surface area contributed by atoms with Crippen LogP contribution in [0.15, 0.2) is 29.3 Å². The zero-order valence-corrected chi connectivity index (χ0v) is 13.1. The van der Waals surface area contributed by atoms with E-state index in [0.717, 1.165) is 6.20 Å². The molecule has 0 bridgehead atoms. The van der Waals surface area contributed by atoms with Crippen LogP contribution in [0, 0.1) is 11.6 Å². The van der Waals surface area contributed by atoms with Gasteiger partial charge in [-0.05, 0) is 13.0 Å². The van der Waals surface area contributed by atoms with Crippen LogP contribution < -0.4 is 16.6 Å². The Balaban J connectivity index is 2.32. The second-order valence-corrected chi connectivity index (χ2v) is 5.26. The van der Waals surface area contributed by atoms with Gasteiger partial charge in [-0.3, -0.25) is 4.79 Å². The van der Waals surface area contributed by atoms with E-state index >= 15 is 0 Å². The molecule has 0 atom stereocenters. The maximum Gasteiger partial charge on any atom is 0.258 e. The Kier molecular flexibility index (Phi) is 3.88. The van der Waals surface area contributed by atoms with Crippen molar-refractivity contribution < 1.29 is 8.78 Å². The van der Waals surface area contributed by atoms with Crippen LogP contribution in [0.2, 0.25) is 0 Å². The SMILES string of the molecule is CCNc1cc2c(cn1)cc(-c1c(F)cnc(N)c1F)c(=O)n2C. The maximum absolute atomic E-state index is 14.2. The second kappa shape index (κ2) is 5.88. The van der Waals surface area contributed by atoms with Crippen molar-refractivity contribution in [3.05, 3.63) is 46.5 Å². The fourth-order valence-electron chi connectivity index (χ4n) is 2.55. The summed E-state index contributed by atoms with van der Waals surface area (Å²) in [5.41, 5.74) is 4.83. The lowest BCUT2D eigenvalue weighted by molar-refractivity contribution is 0.583. The zero-order valence-electron chi connectivity index (χ0n) is 13.1. The number of nitrogens with two attached hydrogens (primary N) is 1. The summed E-state index contributed by atoms with van der Waals surface area (Å²) in [5, 5.41) is 3.62. The molecule has 6 nitrogen and oxygen atoms in total. The lowest BCUT2D eigenvalue weighted by Crippen LogP contribution is -2.20. The molecule has 0 aliphatic heterocycles. The maximum atomic E-state index is 14.2. The zero-order chi connectivity index (χ0) is 17.4. The van der Waals surface area contributed by atoms with Crippen LogP contribution >= 0.6 is 0 Å². The van der Waals surface area contributed by atoms with Crippen LogP contribution in [0.3, 0.4) is 0 Å². The predicted molar refractivity (Wildman–Crippen MR) is 88.7 cm³/mol. The first-order valence-corrected chi connectivity index (χ1v) is 7.27. The fourth-order valence-corrected chi connectivity index (χ4v) is 2.55. The standard InChI is InChI=1S/C16H15F2N5O/c1-3-20-12-5-11-8(6-21-12)4-9(16(24)23(11)2)13-10(17)7-22-15(19)14(13)18/h4-7H,3H2,1-2H3,(H2,19,22)(H,20,21). The molecule has 0 aliphatic rings. The summed E-state index contributed by atoms with van der Waals surface area (Å²) in [6.07, 6.45) is 2.33. The molecule has 0 saturated carbocycles. The third-order valence-electron chi connectivity index (χ3n) is 3.74. The molecule has 0 spiro atoms. The summed E-state index contributed by atoms with van der Waals surface area (Å²) in [6.45, 7) is 2.60. The number of pyridine rings is 3. The third kappa shape index (κ3) is 2.45. The summed E-state index contributed by atoms with van der Waals surface area (Å²) in [6, 6.07) is 3.11. The van der Waals surface area contributed by atoms with Crippen molar-refractivity contribution in [1.82, 2.24) is 14.5 Å². The molecule has 0 fully saturated rings. The molecule has 3 aromatic heterocycles. The summed E-state index contributed by atoms with van der Waals surface area (Å²) in [5.74, 6) is -1.86. The number of rotatable bonds is 3. The van der Waals surface area contributed by atoms with Gasteiger partial charge in [-0.1, -0.05) is 0 Å². The highest BCUT2D eigenvalue weighted by Crippen LogP contribution is 2.28. The van der Waals surface area contributed by atoms with Gasteiger partial charge in [-0.25, -0.2) is 18.7 Å². The molecule has 0 aliphatic carbocycles.